The van der Waals surface area contributed by atoms with Crippen LogP contribution in [0.2, 0.25) is 0 Å². The van der Waals surface area contributed by atoms with E-state index in [1.807, 2.05) is 38.1 Å². The van der Waals surface area contributed by atoms with Crippen LogP contribution in [-0.4, -0.2) is 18.9 Å². The fourth-order valence-electron chi connectivity index (χ4n) is 3.73. The minimum Gasteiger partial charge on any atom is -0.497 e. The molecule has 3 aromatic rings. The van der Waals surface area contributed by atoms with Crippen molar-refractivity contribution in [2.75, 3.05) is 17.3 Å². The molecule has 0 atom stereocenters. The van der Waals surface area contributed by atoms with Crippen molar-refractivity contribution in [3.8, 4) is 11.8 Å². The van der Waals surface area contributed by atoms with E-state index in [2.05, 4.69) is 5.32 Å². The van der Waals surface area contributed by atoms with Gasteiger partial charge in [-0.1, -0.05) is 23.8 Å². The lowest BCUT2D eigenvalue weighted by atomic mass is 9.97. The number of nitriles is 1. The molecular formula is C26H21N3O3. The molecule has 0 bridgehead atoms. The number of amides is 2. The highest BCUT2D eigenvalue weighted by molar-refractivity contribution is 6.46. The molecule has 1 heterocycles. The normalized spacial score (nSPS) is 13.4. The Morgan fingerprint density at radius 1 is 0.906 bits per heavy atom. The van der Waals surface area contributed by atoms with Crippen molar-refractivity contribution in [2.45, 2.75) is 13.8 Å². The monoisotopic (exact) mass is 423 g/mol. The van der Waals surface area contributed by atoms with Gasteiger partial charge in [-0.3, -0.25) is 9.59 Å². The molecule has 6 heteroatoms. The molecule has 6 nitrogen and oxygen atoms in total. The lowest BCUT2D eigenvalue weighted by molar-refractivity contribution is -0.120. The summed E-state index contributed by atoms with van der Waals surface area (Å²) in [5, 5.41) is 12.2. The zero-order valence-electron chi connectivity index (χ0n) is 18.0. The van der Waals surface area contributed by atoms with Gasteiger partial charge >= 0.3 is 0 Å². The van der Waals surface area contributed by atoms with Crippen molar-refractivity contribution < 1.29 is 14.3 Å². The molecule has 1 aliphatic rings. The first-order chi connectivity index (χ1) is 15.4. The maximum absolute atomic E-state index is 13.5. The molecule has 158 valence electrons. The number of benzene rings is 3. The summed E-state index contributed by atoms with van der Waals surface area (Å²) in [5.74, 6) is -0.180. The first kappa shape index (κ1) is 20.9. The van der Waals surface area contributed by atoms with Crippen LogP contribution in [0.4, 0.5) is 11.4 Å². The Labute approximate surface area is 186 Å². The Morgan fingerprint density at radius 3 is 2.19 bits per heavy atom. The van der Waals surface area contributed by atoms with Gasteiger partial charge in [0.25, 0.3) is 11.8 Å². The highest BCUT2D eigenvalue weighted by Crippen LogP contribution is 2.35. The summed E-state index contributed by atoms with van der Waals surface area (Å²) >= 11 is 0. The molecule has 32 heavy (non-hydrogen) atoms. The van der Waals surface area contributed by atoms with Crippen LogP contribution in [0.15, 0.2) is 72.4 Å². The SMILES string of the molecule is COc1ccc(NC2=C(c3ccc(C)cc3C)C(=O)N(c3ccc(C#N)cc3)C2=O)cc1. The van der Waals surface area contributed by atoms with E-state index in [1.165, 1.54) is 0 Å². The molecule has 0 aliphatic carbocycles. The van der Waals surface area contributed by atoms with E-state index >= 15 is 0 Å². The summed E-state index contributed by atoms with van der Waals surface area (Å²) in [4.78, 5) is 28.1. The van der Waals surface area contributed by atoms with Crippen LogP contribution >= 0.6 is 0 Å². The molecule has 0 aromatic heterocycles. The number of carbonyl (C=O) groups excluding carboxylic acids is 2. The molecule has 0 saturated heterocycles. The number of methoxy groups -OCH3 is 1. The number of imide groups is 1. The molecule has 4 rings (SSSR count). The van der Waals surface area contributed by atoms with Crippen molar-refractivity contribution in [2.24, 2.45) is 0 Å². The predicted molar refractivity (Wildman–Crippen MR) is 123 cm³/mol. The number of ether oxygens (including phenoxy) is 1. The second-order valence-corrected chi connectivity index (χ2v) is 7.53. The maximum Gasteiger partial charge on any atom is 0.282 e. The van der Waals surface area contributed by atoms with E-state index in [4.69, 9.17) is 10.00 Å². The zero-order valence-corrected chi connectivity index (χ0v) is 18.0. The molecule has 1 N–H and O–H groups in total. The number of nitrogens with one attached hydrogen (secondary N) is 1. The summed E-state index contributed by atoms with van der Waals surface area (Å²) in [6.07, 6.45) is 0. The molecule has 0 radical (unpaired) electrons. The zero-order chi connectivity index (χ0) is 22.8. The second-order valence-electron chi connectivity index (χ2n) is 7.53. The van der Waals surface area contributed by atoms with Gasteiger partial charge in [0, 0.05) is 5.69 Å². The number of hydrogen-bond acceptors (Lipinski definition) is 5. The first-order valence-corrected chi connectivity index (χ1v) is 10.0. The van der Waals surface area contributed by atoms with Crippen LogP contribution in [-0.2, 0) is 9.59 Å². The van der Waals surface area contributed by atoms with Crippen molar-refractivity contribution in [3.63, 3.8) is 0 Å². The topological polar surface area (TPSA) is 82.4 Å². The summed E-state index contributed by atoms with van der Waals surface area (Å²) in [6.45, 7) is 3.90. The Hall–Kier alpha value is -4.37. The van der Waals surface area contributed by atoms with Crippen molar-refractivity contribution >= 4 is 28.8 Å². The largest absolute Gasteiger partial charge is 0.497 e. The third kappa shape index (κ3) is 3.72. The van der Waals surface area contributed by atoms with Crippen LogP contribution < -0.4 is 15.0 Å². The predicted octanol–water partition coefficient (Wildman–Crippen LogP) is 4.58. The van der Waals surface area contributed by atoms with Gasteiger partial charge in [0.15, 0.2) is 0 Å². The molecule has 0 fully saturated rings. The number of anilines is 2. The van der Waals surface area contributed by atoms with Crippen LogP contribution in [0, 0.1) is 25.2 Å². The van der Waals surface area contributed by atoms with E-state index < -0.39 is 11.8 Å². The van der Waals surface area contributed by atoms with E-state index in [-0.39, 0.29) is 5.70 Å². The van der Waals surface area contributed by atoms with E-state index in [0.717, 1.165) is 16.0 Å². The minimum atomic E-state index is -0.453. The Balaban J connectivity index is 1.82. The summed E-state index contributed by atoms with van der Waals surface area (Å²) in [6, 6.07) is 21.3. The standard InChI is InChI=1S/C26H21N3O3/c1-16-4-13-22(17(2)14-16)23-24(28-19-7-11-21(32-3)12-8-19)26(31)29(25(23)30)20-9-5-18(15-27)6-10-20/h4-14,28H,1-3H3. The highest BCUT2D eigenvalue weighted by Gasteiger charge is 2.40. The van der Waals surface area contributed by atoms with Crippen LogP contribution in [0.3, 0.4) is 0 Å². The number of hydrogen-bond donors (Lipinski definition) is 1. The third-order valence-corrected chi connectivity index (χ3v) is 5.35. The molecule has 0 spiro atoms. The molecule has 1 aliphatic heterocycles. The Kier molecular flexibility index (Phi) is 5.48. The molecule has 0 unspecified atom stereocenters. The Morgan fingerprint density at radius 2 is 1.59 bits per heavy atom. The van der Waals surface area contributed by atoms with Gasteiger partial charge in [-0.25, -0.2) is 4.90 Å². The van der Waals surface area contributed by atoms with E-state index in [0.29, 0.717) is 33.8 Å². The van der Waals surface area contributed by atoms with Gasteiger partial charge in [-0.15, -0.1) is 0 Å². The van der Waals surface area contributed by atoms with Gasteiger partial charge < -0.3 is 10.1 Å². The van der Waals surface area contributed by atoms with Gasteiger partial charge in [0.2, 0.25) is 0 Å². The second kappa shape index (κ2) is 8.40. The highest BCUT2D eigenvalue weighted by atomic mass is 16.5. The fourth-order valence-corrected chi connectivity index (χ4v) is 3.73. The number of rotatable bonds is 5. The summed E-state index contributed by atoms with van der Waals surface area (Å²) in [5.41, 5.74) is 4.70. The first-order valence-electron chi connectivity index (χ1n) is 10.0. The molecule has 2 amide bonds. The fraction of sp³-hybridized carbons (Fsp3) is 0.115. The van der Waals surface area contributed by atoms with E-state index in [9.17, 15) is 9.59 Å². The lowest BCUT2D eigenvalue weighted by Crippen LogP contribution is -2.32. The number of nitrogens with zero attached hydrogens (tertiary/aromatic N) is 2. The van der Waals surface area contributed by atoms with Gasteiger partial charge in [0.1, 0.15) is 11.4 Å². The molecule has 3 aromatic carbocycles. The summed E-state index contributed by atoms with van der Waals surface area (Å²) < 4.78 is 5.20. The molecule has 0 saturated carbocycles. The quantitative estimate of drug-likeness (QED) is 0.608. The van der Waals surface area contributed by atoms with Crippen LogP contribution in [0.1, 0.15) is 22.3 Å². The van der Waals surface area contributed by atoms with Gasteiger partial charge in [0.05, 0.1) is 30.0 Å². The maximum atomic E-state index is 13.5. The van der Waals surface area contributed by atoms with Gasteiger partial charge in [-0.05, 0) is 73.5 Å². The Bertz CT molecular complexity index is 1280. The van der Waals surface area contributed by atoms with Crippen molar-refractivity contribution in [3.05, 3.63) is 94.7 Å². The summed E-state index contributed by atoms with van der Waals surface area (Å²) in [7, 11) is 1.58. The number of carbonyl (C=O) groups is 2. The average molecular weight is 423 g/mol. The van der Waals surface area contributed by atoms with Crippen molar-refractivity contribution in [1.82, 2.24) is 0 Å². The lowest BCUT2D eigenvalue weighted by Gasteiger charge is -2.15. The average Bonchev–Trinajstić information content (AvgIpc) is 3.04. The minimum absolute atomic E-state index is 0.205. The van der Waals surface area contributed by atoms with Crippen molar-refractivity contribution in [1.29, 1.82) is 5.26 Å². The van der Waals surface area contributed by atoms with E-state index in [1.54, 1.807) is 55.6 Å². The van der Waals surface area contributed by atoms with Gasteiger partial charge in [-0.2, -0.15) is 5.26 Å². The van der Waals surface area contributed by atoms with Crippen LogP contribution in [0.25, 0.3) is 5.57 Å². The third-order valence-electron chi connectivity index (χ3n) is 5.35. The number of aryl methyl sites for hydroxylation is 2. The van der Waals surface area contributed by atoms with Crippen LogP contribution in [0.5, 0.6) is 5.75 Å². The molecular weight excluding hydrogens is 402 g/mol. The smallest absolute Gasteiger partial charge is 0.282 e.